The molecule has 0 spiro atoms. The van der Waals surface area contributed by atoms with Gasteiger partial charge in [-0.3, -0.25) is 10.00 Å². The highest BCUT2D eigenvalue weighted by Crippen LogP contribution is 2.33. The van der Waals surface area contributed by atoms with Gasteiger partial charge in [-0.2, -0.15) is 5.10 Å². The number of methoxy groups -OCH3 is 1. The second kappa shape index (κ2) is 9.39. The largest absolute Gasteiger partial charge is 0.497 e. The number of H-pyrrole nitrogens is 1. The van der Waals surface area contributed by atoms with Crippen molar-refractivity contribution in [2.75, 3.05) is 18.6 Å². The van der Waals surface area contributed by atoms with Crippen LogP contribution in [0.1, 0.15) is 16.7 Å². The number of ether oxygens (including phenoxy) is 1. The maximum atomic E-state index is 14.1. The minimum atomic E-state index is -0.389. The number of carbonyl (C=O) groups is 1. The number of anilines is 1. The van der Waals surface area contributed by atoms with Gasteiger partial charge in [0.25, 0.3) is 0 Å². The predicted molar refractivity (Wildman–Crippen MR) is 129 cm³/mol. The van der Waals surface area contributed by atoms with Crippen LogP contribution in [0.5, 0.6) is 5.75 Å². The lowest BCUT2D eigenvalue weighted by molar-refractivity contribution is 0.199. The van der Waals surface area contributed by atoms with Gasteiger partial charge in [-0.25, -0.2) is 9.18 Å². The number of amides is 2. The SMILES string of the molecule is COc1cc(F)cc(CN(Cc2ccccc2)C(=O)N2CCc3cc(-c4cn[nH]c4)ccc32)c1. The van der Waals surface area contributed by atoms with E-state index < -0.39 is 0 Å². The van der Waals surface area contributed by atoms with E-state index in [4.69, 9.17) is 4.74 Å². The van der Waals surface area contributed by atoms with Crippen LogP contribution in [0.4, 0.5) is 14.9 Å². The number of aromatic nitrogens is 2. The fraction of sp³-hybridized carbons (Fsp3) is 0.185. The minimum absolute atomic E-state index is 0.109. The Bertz CT molecular complexity index is 1290. The maximum Gasteiger partial charge on any atom is 0.325 e. The van der Waals surface area contributed by atoms with Crippen molar-refractivity contribution in [2.45, 2.75) is 19.5 Å². The molecule has 172 valence electrons. The van der Waals surface area contributed by atoms with E-state index in [1.165, 1.54) is 19.2 Å². The minimum Gasteiger partial charge on any atom is -0.497 e. The Morgan fingerprint density at radius 1 is 1.06 bits per heavy atom. The molecule has 4 aromatic rings. The van der Waals surface area contributed by atoms with Crippen molar-refractivity contribution in [1.82, 2.24) is 15.1 Å². The third-order valence-electron chi connectivity index (χ3n) is 6.06. The third-order valence-corrected chi connectivity index (χ3v) is 6.06. The number of benzene rings is 3. The molecular weight excluding hydrogens is 431 g/mol. The molecule has 1 N–H and O–H groups in total. The van der Waals surface area contributed by atoms with E-state index in [2.05, 4.69) is 16.3 Å². The number of carbonyl (C=O) groups excluding carboxylic acids is 1. The maximum absolute atomic E-state index is 14.1. The smallest absolute Gasteiger partial charge is 0.325 e. The van der Waals surface area contributed by atoms with Crippen molar-refractivity contribution in [1.29, 1.82) is 0 Å². The standard InChI is InChI=1S/C27H25FN4O2/c1-34-25-12-20(11-24(28)14-25)18-31(17-19-5-3-2-4-6-19)27(33)32-10-9-22-13-21(7-8-26(22)32)23-15-29-30-16-23/h2-8,11-16H,9-10,17-18H2,1H3,(H,29,30). The average Bonchev–Trinajstić information content (AvgIpc) is 3.53. The molecule has 1 aromatic heterocycles. The topological polar surface area (TPSA) is 61.5 Å². The summed E-state index contributed by atoms with van der Waals surface area (Å²) >= 11 is 0. The molecule has 0 fully saturated rings. The van der Waals surface area contributed by atoms with Gasteiger partial charge in [0.1, 0.15) is 11.6 Å². The first-order chi connectivity index (χ1) is 16.6. The van der Waals surface area contributed by atoms with Crippen LogP contribution in [0.3, 0.4) is 0 Å². The molecule has 0 unspecified atom stereocenters. The summed E-state index contributed by atoms with van der Waals surface area (Å²) in [5.74, 6) is 0.0418. The highest BCUT2D eigenvalue weighted by molar-refractivity contribution is 5.94. The van der Waals surface area contributed by atoms with E-state index in [1.54, 1.807) is 17.2 Å². The highest BCUT2D eigenvalue weighted by Gasteiger charge is 2.29. The highest BCUT2D eigenvalue weighted by atomic mass is 19.1. The van der Waals surface area contributed by atoms with Crippen molar-refractivity contribution in [3.05, 3.63) is 102 Å². The van der Waals surface area contributed by atoms with E-state index in [9.17, 15) is 9.18 Å². The van der Waals surface area contributed by atoms with Crippen molar-refractivity contribution < 1.29 is 13.9 Å². The molecule has 3 aromatic carbocycles. The van der Waals surface area contributed by atoms with Gasteiger partial charge < -0.3 is 9.64 Å². The van der Waals surface area contributed by atoms with Gasteiger partial charge in [0.15, 0.2) is 0 Å². The number of rotatable bonds is 6. The van der Waals surface area contributed by atoms with Gasteiger partial charge in [-0.05, 0) is 52.9 Å². The van der Waals surface area contributed by atoms with Crippen LogP contribution in [0.2, 0.25) is 0 Å². The quantitative estimate of drug-likeness (QED) is 0.422. The van der Waals surface area contributed by atoms with E-state index in [1.807, 2.05) is 53.6 Å². The number of halogens is 1. The molecular formula is C27H25FN4O2. The molecule has 0 atom stereocenters. The second-order valence-electron chi connectivity index (χ2n) is 8.36. The van der Waals surface area contributed by atoms with Crippen LogP contribution in [0.25, 0.3) is 11.1 Å². The van der Waals surface area contributed by atoms with Crippen LogP contribution in [-0.2, 0) is 19.5 Å². The van der Waals surface area contributed by atoms with Crippen LogP contribution in [0, 0.1) is 5.82 Å². The molecule has 0 bridgehead atoms. The molecule has 0 aliphatic carbocycles. The van der Waals surface area contributed by atoms with Crippen LogP contribution < -0.4 is 9.64 Å². The average molecular weight is 457 g/mol. The molecule has 1 aliphatic rings. The van der Waals surface area contributed by atoms with Gasteiger partial charge in [-0.15, -0.1) is 0 Å². The zero-order valence-corrected chi connectivity index (χ0v) is 18.9. The van der Waals surface area contributed by atoms with Gasteiger partial charge in [0, 0.05) is 43.1 Å². The molecule has 7 heteroatoms. The molecule has 0 radical (unpaired) electrons. The lowest BCUT2D eigenvalue weighted by Crippen LogP contribution is -2.41. The van der Waals surface area contributed by atoms with Crippen LogP contribution in [-0.4, -0.2) is 34.8 Å². The number of aromatic amines is 1. The Morgan fingerprint density at radius 2 is 1.88 bits per heavy atom. The fourth-order valence-electron chi connectivity index (χ4n) is 4.40. The molecule has 34 heavy (non-hydrogen) atoms. The van der Waals surface area contributed by atoms with Crippen molar-refractivity contribution in [3.8, 4) is 16.9 Å². The Kier molecular flexibility index (Phi) is 5.99. The van der Waals surface area contributed by atoms with Crippen LogP contribution in [0.15, 0.2) is 79.1 Å². The summed E-state index contributed by atoms with van der Waals surface area (Å²) in [7, 11) is 1.50. The molecule has 2 heterocycles. The number of nitrogens with zero attached hydrogens (tertiary/aromatic N) is 3. The molecule has 0 saturated heterocycles. The summed E-state index contributed by atoms with van der Waals surface area (Å²) in [6.45, 7) is 1.28. The molecule has 2 amide bonds. The van der Waals surface area contributed by atoms with Gasteiger partial charge in [0.2, 0.25) is 0 Å². The van der Waals surface area contributed by atoms with E-state index in [-0.39, 0.29) is 18.4 Å². The summed E-state index contributed by atoms with van der Waals surface area (Å²) in [5.41, 5.74) is 5.80. The fourth-order valence-corrected chi connectivity index (χ4v) is 4.40. The summed E-state index contributed by atoms with van der Waals surface area (Å²) in [6, 6.07) is 20.4. The van der Waals surface area contributed by atoms with E-state index in [0.717, 1.165) is 34.4 Å². The summed E-state index contributed by atoms with van der Waals surface area (Å²) in [5, 5.41) is 6.86. The van der Waals surface area contributed by atoms with Gasteiger partial charge >= 0.3 is 6.03 Å². The lowest BCUT2D eigenvalue weighted by atomic mass is 10.0. The monoisotopic (exact) mass is 456 g/mol. The third kappa shape index (κ3) is 4.50. The Balaban J connectivity index is 1.44. The predicted octanol–water partition coefficient (Wildman–Crippen LogP) is 5.41. The van der Waals surface area contributed by atoms with Gasteiger partial charge in [0.05, 0.1) is 13.3 Å². The first kappa shape index (κ1) is 21.7. The van der Waals surface area contributed by atoms with Crippen molar-refractivity contribution in [3.63, 3.8) is 0 Å². The normalized spacial score (nSPS) is 12.5. The number of nitrogens with one attached hydrogen (secondary N) is 1. The van der Waals surface area contributed by atoms with Gasteiger partial charge in [-0.1, -0.05) is 36.4 Å². The number of hydrogen-bond donors (Lipinski definition) is 1. The lowest BCUT2D eigenvalue weighted by Gasteiger charge is -2.29. The molecule has 5 rings (SSSR count). The number of urea groups is 1. The van der Waals surface area contributed by atoms with E-state index >= 15 is 0 Å². The first-order valence-corrected chi connectivity index (χ1v) is 11.2. The molecule has 6 nitrogen and oxygen atoms in total. The van der Waals surface area contributed by atoms with Crippen LogP contribution >= 0.6 is 0 Å². The Morgan fingerprint density at radius 3 is 2.65 bits per heavy atom. The number of hydrogen-bond acceptors (Lipinski definition) is 3. The Hall–Kier alpha value is -4.13. The zero-order valence-electron chi connectivity index (χ0n) is 18.9. The zero-order chi connectivity index (χ0) is 23.5. The first-order valence-electron chi connectivity index (χ1n) is 11.2. The molecule has 0 saturated carbocycles. The summed E-state index contributed by atoms with van der Waals surface area (Å²) < 4.78 is 19.4. The van der Waals surface area contributed by atoms with Crippen molar-refractivity contribution >= 4 is 11.7 Å². The molecule has 1 aliphatic heterocycles. The number of fused-ring (bicyclic) bond motifs is 1. The summed E-state index contributed by atoms with van der Waals surface area (Å²) in [4.78, 5) is 17.3. The van der Waals surface area contributed by atoms with E-state index in [0.29, 0.717) is 24.4 Å². The Labute approximate surface area is 197 Å². The second-order valence-corrected chi connectivity index (χ2v) is 8.36. The van der Waals surface area contributed by atoms with Crippen molar-refractivity contribution in [2.24, 2.45) is 0 Å². The summed E-state index contributed by atoms with van der Waals surface area (Å²) in [6.07, 6.45) is 4.42.